The fraction of sp³-hybridized carbons (Fsp3) is 0.556. The van der Waals surface area contributed by atoms with E-state index in [0.717, 1.165) is 23.7 Å². The molecular weight excluding hydrogens is 170 g/mol. The molecule has 1 aromatic rings. The summed E-state index contributed by atoms with van der Waals surface area (Å²) in [6.45, 7) is 3.30. The number of nitrogens with zero attached hydrogens (tertiary/aromatic N) is 1. The van der Waals surface area contributed by atoms with Gasteiger partial charge in [0.15, 0.2) is 0 Å². The van der Waals surface area contributed by atoms with Crippen LogP contribution < -0.4 is 0 Å². The number of aromatic nitrogens is 1. The third-order valence-corrected chi connectivity index (χ3v) is 2.65. The van der Waals surface area contributed by atoms with Crippen LogP contribution in [0.5, 0.6) is 0 Å². The Morgan fingerprint density at radius 1 is 1.58 bits per heavy atom. The topological polar surface area (TPSA) is 25.2 Å². The minimum atomic E-state index is 0.143. The fourth-order valence-corrected chi connectivity index (χ4v) is 1.73. The number of hydrogen-bond acceptors (Lipinski definition) is 2. The number of rotatable bonds is 5. The van der Waals surface area contributed by atoms with Crippen LogP contribution in [0.2, 0.25) is 0 Å². The maximum atomic E-state index is 8.94. The summed E-state index contributed by atoms with van der Waals surface area (Å²) in [4.78, 5) is 0. The van der Waals surface area contributed by atoms with Gasteiger partial charge >= 0.3 is 0 Å². The Morgan fingerprint density at radius 3 is 3.08 bits per heavy atom. The SMILES string of the molecule is CCSCCn1cccc1CO. The lowest BCUT2D eigenvalue weighted by molar-refractivity contribution is 0.271. The summed E-state index contributed by atoms with van der Waals surface area (Å²) in [6, 6.07) is 3.93. The highest BCUT2D eigenvalue weighted by atomic mass is 32.2. The van der Waals surface area contributed by atoms with Gasteiger partial charge in [-0.3, -0.25) is 0 Å². The Kier molecular flexibility index (Phi) is 4.25. The summed E-state index contributed by atoms with van der Waals surface area (Å²) in [5, 5.41) is 8.94. The highest BCUT2D eigenvalue weighted by molar-refractivity contribution is 7.99. The van der Waals surface area contributed by atoms with Crippen molar-refractivity contribution < 1.29 is 5.11 Å². The monoisotopic (exact) mass is 185 g/mol. The molecule has 1 aromatic heterocycles. The fourth-order valence-electron chi connectivity index (χ4n) is 1.12. The average Bonchev–Trinajstić information content (AvgIpc) is 2.52. The first-order chi connectivity index (χ1) is 5.88. The number of aliphatic hydroxyl groups is 1. The van der Waals surface area contributed by atoms with Gasteiger partial charge in [0.2, 0.25) is 0 Å². The van der Waals surface area contributed by atoms with E-state index in [1.807, 2.05) is 30.1 Å². The molecular formula is C9H15NOS. The van der Waals surface area contributed by atoms with Crippen LogP contribution in [0.25, 0.3) is 0 Å². The van der Waals surface area contributed by atoms with Gasteiger partial charge in [-0.2, -0.15) is 11.8 Å². The van der Waals surface area contributed by atoms with E-state index in [-0.39, 0.29) is 6.61 Å². The Labute approximate surface area is 77.6 Å². The molecule has 0 unspecified atom stereocenters. The molecule has 0 bridgehead atoms. The Bertz CT molecular complexity index is 222. The van der Waals surface area contributed by atoms with Crippen LogP contribution in [0, 0.1) is 0 Å². The minimum absolute atomic E-state index is 0.143. The average molecular weight is 185 g/mol. The molecule has 0 saturated heterocycles. The third-order valence-electron chi connectivity index (χ3n) is 1.77. The second-order valence-electron chi connectivity index (χ2n) is 2.55. The van der Waals surface area contributed by atoms with E-state index in [4.69, 9.17) is 5.11 Å². The zero-order chi connectivity index (χ0) is 8.81. The molecule has 0 saturated carbocycles. The van der Waals surface area contributed by atoms with E-state index in [1.54, 1.807) is 0 Å². The maximum absolute atomic E-state index is 8.94. The molecule has 2 nitrogen and oxygen atoms in total. The van der Waals surface area contributed by atoms with Gasteiger partial charge in [-0.25, -0.2) is 0 Å². The van der Waals surface area contributed by atoms with Gasteiger partial charge in [-0.1, -0.05) is 6.92 Å². The molecule has 0 atom stereocenters. The van der Waals surface area contributed by atoms with E-state index in [2.05, 4.69) is 11.5 Å². The Balaban J connectivity index is 2.39. The molecule has 1 N–H and O–H groups in total. The predicted molar refractivity (Wildman–Crippen MR) is 53.4 cm³/mol. The van der Waals surface area contributed by atoms with Crippen LogP contribution >= 0.6 is 11.8 Å². The van der Waals surface area contributed by atoms with E-state index in [0.29, 0.717) is 0 Å². The molecule has 12 heavy (non-hydrogen) atoms. The standard InChI is InChI=1S/C9H15NOS/c1-2-12-7-6-10-5-3-4-9(10)8-11/h3-5,11H,2,6-8H2,1H3. The van der Waals surface area contributed by atoms with Crippen molar-refractivity contribution in [1.82, 2.24) is 4.57 Å². The van der Waals surface area contributed by atoms with E-state index in [1.165, 1.54) is 0 Å². The zero-order valence-corrected chi connectivity index (χ0v) is 8.18. The molecule has 1 rings (SSSR count). The molecule has 0 aliphatic heterocycles. The Hall–Kier alpha value is -0.410. The first-order valence-electron chi connectivity index (χ1n) is 4.21. The lowest BCUT2D eigenvalue weighted by Crippen LogP contribution is -2.03. The predicted octanol–water partition coefficient (Wildman–Crippen LogP) is 1.73. The highest BCUT2D eigenvalue weighted by Crippen LogP contribution is 2.05. The number of aryl methyl sites for hydroxylation is 1. The molecule has 0 aliphatic rings. The summed E-state index contributed by atoms with van der Waals surface area (Å²) < 4.78 is 2.10. The molecule has 0 spiro atoms. The molecule has 68 valence electrons. The molecule has 0 fully saturated rings. The molecule has 0 aromatic carbocycles. The smallest absolute Gasteiger partial charge is 0.0832 e. The number of aliphatic hydroxyl groups excluding tert-OH is 1. The van der Waals surface area contributed by atoms with Crippen molar-refractivity contribution in [2.24, 2.45) is 0 Å². The Morgan fingerprint density at radius 2 is 2.42 bits per heavy atom. The van der Waals surface area contributed by atoms with Crippen molar-refractivity contribution in [3.8, 4) is 0 Å². The van der Waals surface area contributed by atoms with Gasteiger partial charge in [0.05, 0.1) is 6.61 Å². The molecule has 0 aliphatic carbocycles. The van der Waals surface area contributed by atoms with Crippen LogP contribution in [0.3, 0.4) is 0 Å². The summed E-state index contributed by atoms with van der Waals surface area (Å²) in [5.41, 5.74) is 1.01. The van der Waals surface area contributed by atoms with Gasteiger partial charge < -0.3 is 9.67 Å². The second kappa shape index (κ2) is 5.27. The summed E-state index contributed by atoms with van der Waals surface area (Å²) in [6.07, 6.45) is 2.02. The molecule has 3 heteroatoms. The van der Waals surface area contributed by atoms with Crippen LogP contribution in [-0.2, 0) is 13.2 Å². The zero-order valence-electron chi connectivity index (χ0n) is 7.36. The quantitative estimate of drug-likeness (QED) is 0.707. The van der Waals surface area contributed by atoms with Crippen LogP contribution in [0.15, 0.2) is 18.3 Å². The van der Waals surface area contributed by atoms with E-state index in [9.17, 15) is 0 Å². The van der Waals surface area contributed by atoms with Crippen LogP contribution in [0.1, 0.15) is 12.6 Å². The second-order valence-corrected chi connectivity index (χ2v) is 3.94. The first kappa shape index (κ1) is 9.68. The minimum Gasteiger partial charge on any atom is -0.390 e. The van der Waals surface area contributed by atoms with Gasteiger partial charge in [-0.05, 0) is 17.9 Å². The van der Waals surface area contributed by atoms with E-state index < -0.39 is 0 Å². The summed E-state index contributed by atoms with van der Waals surface area (Å²) in [5.74, 6) is 2.29. The van der Waals surface area contributed by atoms with Crippen molar-refractivity contribution in [2.45, 2.75) is 20.1 Å². The maximum Gasteiger partial charge on any atom is 0.0832 e. The molecule has 0 radical (unpaired) electrons. The largest absolute Gasteiger partial charge is 0.390 e. The van der Waals surface area contributed by atoms with Crippen LogP contribution in [0.4, 0.5) is 0 Å². The normalized spacial score (nSPS) is 10.5. The van der Waals surface area contributed by atoms with Gasteiger partial charge in [0, 0.05) is 24.2 Å². The van der Waals surface area contributed by atoms with Crippen molar-refractivity contribution in [1.29, 1.82) is 0 Å². The first-order valence-corrected chi connectivity index (χ1v) is 5.36. The number of thioether (sulfide) groups is 1. The lowest BCUT2D eigenvalue weighted by atomic mass is 10.4. The van der Waals surface area contributed by atoms with Crippen LogP contribution in [-0.4, -0.2) is 21.2 Å². The summed E-state index contributed by atoms with van der Waals surface area (Å²) in [7, 11) is 0. The van der Waals surface area contributed by atoms with Crippen molar-refractivity contribution in [3.63, 3.8) is 0 Å². The van der Waals surface area contributed by atoms with Gasteiger partial charge in [-0.15, -0.1) is 0 Å². The third kappa shape index (κ3) is 2.57. The van der Waals surface area contributed by atoms with Gasteiger partial charge in [0.25, 0.3) is 0 Å². The number of hydrogen-bond donors (Lipinski definition) is 1. The van der Waals surface area contributed by atoms with Gasteiger partial charge in [0.1, 0.15) is 0 Å². The van der Waals surface area contributed by atoms with Crippen molar-refractivity contribution >= 4 is 11.8 Å². The summed E-state index contributed by atoms with van der Waals surface area (Å²) >= 11 is 1.92. The molecule has 0 amide bonds. The van der Waals surface area contributed by atoms with Crippen molar-refractivity contribution in [3.05, 3.63) is 24.0 Å². The highest BCUT2D eigenvalue weighted by Gasteiger charge is 1.97. The molecule has 1 heterocycles. The van der Waals surface area contributed by atoms with E-state index >= 15 is 0 Å². The lowest BCUT2D eigenvalue weighted by Gasteiger charge is -2.05. The van der Waals surface area contributed by atoms with Crippen molar-refractivity contribution in [2.75, 3.05) is 11.5 Å².